The minimum absolute atomic E-state index is 0.151. The lowest BCUT2D eigenvalue weighted by Gasteiger charge is -2.23. The zero-order valence-corrected chi connectivity index (χ0v) is 12.1. The summed E-state index contributed by atoms with van der Waals surface area (Å²) < 4.78 is 37.6. The highest BCUT2D eigenvalue weighted by molar-refractivity contribution is 7.89. The second-order valence-corrected chi connectivity index (χ2v) is 6.36. The molecule has 1 aliphatic heterocycles. The second-order valence-electron chi connectivity index (χ2n) is 4.64. The van der Waals surface area contributed by atoms with Gasteiger partial charge in [0.25, 0.3) is 0 Å². The van der Waals surface area contributed by atoms with Crippen LogP contribution in [0, 0.1) is 0 Å². The Bertz CT molecular complexity index is 510. The van der Waals surface area contributed by atoms with E-state index in [1.807, 2.05) is 0 Å². The largest absolute Gasteiger partial charge is 0.492 e. The van der Waals surface area contributed by atoms with Crippen molar-refractivity contribution in [2.24, 2.45) is 5.73 Å². The number of hydrogen-bond donors (Lipinski definition) is 2. The molecule has 1 fully saturated rings. The molecule has 1 unspecified atom stereocenters. The highest BCUT2D eigenvalue weighted by atomic mass is 32.2. The Kier molecular flexibility index (Phi) is 5.36. The quantitative estimate of drug-likeness (QED) is 0.797. The van der Waals surface area contributed by atoms with Crippen molar-refractivity contribution in [2.75, 3.05) is 26.4 Å². The fraction of sp³-hybridized carbons (Fsp3) is 0.538. The molecule has 1 aromatic rings. The third kappa shape index (κ3) is 4.17. The summed E-state index contributed by atoms with van der Waals surface area (Å²) in [4.78, 5) is 0.225. The first-order valence-electron chi connectivity index (χ1n) is 6.65. The topological polar surface area (TPSA) is 90.7 Å². The molecular weight excluding hydrogens is 280 g/mol. The average Bonchev–Trinajstić information content (AvgIpc) is 2.46. The Morgan fingerprint density at radius 1 is 1.35 bits per heavy atom. The molecule has 0 radical (unpaired) electrons. The molecule has 112 valence electrons. The van der Waals surface area contributed by atoms with E-state index in [4.69, 9.17) is 15.2 Å². The summed E-state index contributed by atoms with van der Waals surface area (Å²) in [6.07, 6.45) is 1.68. The van der Waals surface area contributed by atoms with Crippen molar-refractivity contribution in [3.05, 3.63) is 24.3 Å². The lowest BCUT2D eigenvalue weighted by atomic mass is 10.1. The number of nitrogens with two attached hydrogens (primary N) is 1. The van der Waals surface area contributed by atoms with Gasteiger partial charge in [0.15, 0.2) is 0 Å². The normalized spacial score (nSPS) is 19.8. The first kappa shape index (κ1) is 15.2. The molecule has 0 bridgehead atoms. The molecule has 1 aliphatic rings. The second kappa shape index (κ2) is 7.03. The van der Waals surface area contributed by atoms with E-state index in [0.29, 0.717) is 32.1 Å². The fourth-order valence-corrected chi connectivity index (χ4v) is 3.27. The van der Waals surface area contributed by atoms with E-state index >= 15 is 0 Å². The maximum absolute atomic E-state index is 12.2. The van der Waals surface area contributed by atoms with E-state index in [1.165, 1.54) is 12.1 Å². The Hall–Kier alpha value is -1.15. The lowest BCUT2D eigenvalue weighted by molar-refractivity contribution is 0.0774. The standard InChI is InChI=1S/C13H20N2O4S/c14-7-9-19-12-3-5-13(6-4-12)20(16,17)15-11-2-1-8-18-10-11/h3-6,11,15H,1-2,7-10,14H2. The molecule has 20 heavy (non-hydrogen) atoms. The molecule has 0 spiro atoms. The predicted molar refractivity (Wildman–Crippen MR) is 75.2 cm³/mol. The molecule has 7 heteroatoms. The summed E-state index contributed by atoms with van der Waals surface area (Å²) in [6, 6.07) is 6.15. The van der Waals surface area contributed by atoms with Gasteiger partial charge in [-0.25, -0.2) is 13.1 Å². The number of benzene rings is 1. The molecule has 6 nitrogen and oxygen atoms in total. The Labute approximate surface area is 119 Å². The first-order chi connectivity index (χ1) is 9.62. The van der Waals surface area contributed by atoms with E-state index in [-0.39, 0.29) is 10.9 Å². The highest BCUT2D eigenvalue weighted by Crippen LogP contribution is 2.17. The van der Waals surface area contributed by atoms with Crippen molar-refractivity contribution in [1.29, 1.82) is 0 Å². The van der Waals surface area contributed by atoms with Gasteiger partial charge in [-0.05, 0) is 37.1 Å². The minimum Gasteiger partial charge on any atom is -0.492 e. The molecule has 0 saturated carbocycles. The predicted octanol–water partition coefficient (Wildman–Crippen LogP) is 0.481. The Morgan fingerprint density at radius 3 is 2.70 bits per heavy atom. The van der Waals surface area contributed by atoms with Crippen LogP contribution in [0.4, 0.5) is 0 Å². The summed E-state index contributed by atoms with van der Waals surface area (Å²) in [5.41, 5.74) is 5.34. The molecule has 0 aliphatic carbocycles. The van der Waals surface area contributed by atoms with Crippen molar-refractivity contribution >= 4 is 10.0 Å². The molecule has 0 amide bonds. The number of sulfonamides is 1. The number of hydrogen-bond acceptors (Lipinski definition) is 5. The van der Waals surface area contributed by atoms with Crippen LogP contribution in [0.5, 0.6) is 5.75 Å². The van der Waals surface area contributed by atoms with E-state index < -0.39 is 10.0 Å². The van der Waals surface area contributed by atoms with Crippen molar-refractivity contribution in [3.63, 3.8) is 0 Å². The van der Waals surface area contributed by atoms with E-state index in [1.54, 1.807) is 12.1 Å². The molecule has 1 aromatic carbocycles. The lowest BCUT2D eigenvalue weighted by Crippen LogP contribution is -2.40. The SMILES string of the molecule is NCCOc1ccc(S(=O)(=O)NC2CCCOC2)cc1. The first-order valence-corrected chi connectivity index (χ1v) is 8.13. The highest BCUT2D eigenvalue weighted by Gasteiger charge is 2.22. The number of rotatable bonds is 6. The van der Waals surface area contributed by atoms with Crippen LogP contribution in [0.15, 0.2) is 29.2 Å². The van der Waals surface area contributed by atoms with Gasteiger partial charge in [-0.1, -0.05) is 0 Å². The van der Waals surface area contributed by atoms with Crippen LogP contribution in [0.1, 0.15) is 12.8 Å². The van der Waals surface area contributed by atoms with E-state index in [0.717, 1.165) is 12.8 Å². The monoisotopic (exact) mass is 300 g/mol. The molecule has 1 saturated heterocycles. The van der Waals surface area contributed by atoms with Gasteiger partial charge in [0.1, 0.15) is 12.4 Å². The van der Waals surface area contributed by atoms with Gasteiger partial charge in [0, 0.05) is 19.2 Å². The maximum atomic E-state index is 12.2. The third-order valence-corrected chi connectivity index (χ3v) is 4.54. The zero-order valence-electron chi connectivity index (χ0n) is 11.2. The average molecular weight is 300 g/mol. The summed E-state index contributed by atoms with van der Waals surface area (Å²) in [7, 11) is -3.51. The minimum atomic E-state index is -3.51. The van der Waals surface area contributed by atoms with Gasteiger partial charge in [-0.2, -0.15) is 0 Å². The molecule has 1 heterocycles. The maximum Gasteiger partial charge on any atom is 0.240 e. The smallest absolute Gasteiger partial charge is 0.240 e. The van der Waals surface area contributed by atoms with Crippen molar-refractivity contribution in [3.8, 4) is 5.75 Å². The zero-order chi connectivity index (χ0) is 14.4. The molecule has 2 rings (SSSR count). The molecule has 3 N–H and O–H groups in total. The molecular formula is C13H20N2O4S. The molecule has 0 aromatic heterocycles. The van der Waals surface area contributed by atoms with Gasteiger partial charge in [0.05, 0.1) is 11.5 Å². The number of ether oxygens (including phenoxy) is 2. The Morgan fingerprint density at radius 2 is 2.10 bits per heavy atom. The van der Waals surface area contributed by atoms with Crippen molar-refractivity contribution in [2.45, 2.75) is 23.8 Å². The summed E-state index contributed by atoms with van der Waals surface area (Å²) in [6.45, 7) is 1.95. The summed E-state index contributed by atoms with van der Waals surface area (Å²) in [5, 5.41) is 0. The van der Waals surface area contributed by atoms with Crippen LogP contribution in [0.25, 0.3) is 0 Å². The van der Waals surface area contributed by atoms with Crippen molar-refractivity contribution in [1.82, 2.24) is 4.72 Å². The van der Waals surface area contributed by atoms with Crippen LogP contribution < -0.4 is 15.2 Å². The summed E-state index contributed by atoms with van der Waals surface area (Å²) >= 11 is 0. The van der Waals surface area contributed by atoms with Crippen LogP contribution in [-0.4, -0.2) is 40.8 Å². The summed E-state index contributed by atoms with van der Waals surface area (Å²) in [5.74, 6) is 0.607. The van der Waals surface area contributed by atoms with Gasteiger partial charge in [-0.15, -0.1) is 0 Å². The van der Waals surface area contributed by atoms with Gasteiger partial charge in [-0.3, -0.25) is 0 Å². The van der Waals surface area contributed by atoms with Crippen LogP contribution in [0.3, 0.4) is 0 Å². The van der Waals surface area contributed by atoms with Gasteiger partial charge in [0.2, 0.25) is 10.0 Å². The molecule has 1 atom stereocenters. The Balaban J connectivity index is 2.01. The van der Waals surface area contributed by atoms with Gasteiger partial charge >= 0.3 is 0 Å². The third-order valence-electron chi connectivity index (χ3n) is 3.00. The van der Waals surface area contributed by atoms with Crippen LogP contribution >= 0.6 is 0 Å². The number of nitrogens with one attached hydrogen (secondary N) is 1. The fourth-order valence-electron chi connectivity index (χ4n) is 2.01. The van der Waals surface area contributed by atoms with Gasteiger partial charge < -0.3 is 15.2 Å². The van der Waals surface area contributed by atoms with E-state index in [2.05, 4.69) is 4.72 Å². The van der Waals surface area contributed by atoms with Crippen LogP contribution in [0.2, 0.25) is 0 Å². The van der Waals surface area contributed by atoms with Crippen LogP contribution in [-0.2, 0) is 14.8 Å². The van der Waals surface area contributed by atoms with Crippen molar-refractivity contribution < 1.29 is 17.9 Å². The van der Waals surface area contributed by atoms with E-state index in [9.17, 15) is 8.42 Å².